The van der Waals surface area contributed by atoms with Gasteiger partial charge in [0.15, 0.2) is 0 Å². The number of aromatic nitrogens is 3. The molecule has 2 aromatic carbocycles. The molecule has 5 N–H and O–H groups in total. The van der Waals surface area contributed by atoms with Crippen LogP contribution in [-0.4, -0.2) is 93.3 Å². The van der Waals surface area contributed by atoms with E-state index in [1.807, 2.05) is 63.5 Å². The third kappa shape index (κ3) is 11.0. The summed E-state index contributed by atoms with van der Waals surface area (Å²) < 4.78 is 12.1. The van der Waals surface area contributed by atoms with Crippen LogP contribution >= 0.6 is 22.9 Å². The number of β-amino-alcohol motifs (C(OH)–C–C–N with tert-alkyl or cyclic N) is 1. The van der Waals surface area contributed by atoms with Gasteiger partial charge in [0.25, 0.3) is 5.91 Å². The first-order valence-electron chi connectivity index (χ1n) is 23.2. The van der Waals surface area contributed by atoms with Crippen LogP contribution in [-0.2, 0) is 16.0 Å². The molecule has 4 heterocycles. The number of amides is 3. The Morgan fingerprint density at radius 2 is 1.76 bits per heavy atom. The number of thiazole rings is 1. The van der Waals surface area contributed by atoms with Crippen molar-refractivity contribution in [1.29, 1.82) is 5.26 Å². The summed E-state index contributed by atoms with van der Waals surface area (Å²) in [6.07, 6.45) is 2.11. The van der Waals surface area contributed by atoms with Gasteiger partial charge in [-0.25, -0.2) is 9.97 Å². The van der Waals surface area contributed by atoms with E-state index in [0.29, 0.717) is 53.0 Å². The van der Waals surface area contributed by atoms with E-state index in [2.05, 4.69) is 70.2 Å². The summed E-state index contributed by atoms with van der Waals surface area (Å²) in [7, 11) is 0. The highest BCUT2D eigenvalue weighted by Gasteiger charge is 2.64. The van der Waals surface area contributed by atoms with Gasteiger partial charge in [0.1, 0.15) is 41.5 Å². The lowest BCUT2D eigenvalue weighted by atomic mass is 9.49. The number of pyridine rings is 1. The van der Waals surface area contributed by atoms with Crippen molar-refractivity contribution in [3.8, 4) is 22.3 Å². The maximum Gasteiger partial charge on any atom is 0.253 e. The fraction of sp³-hybridized carbons (Fsp3) is 0.471. The molecule has 68 heavy (non-hydrogen) atoms. The number of aryl methyl sites for hydroxylation is 2. The average molecular weight is 965 g/mol. The standard InChI is InChI=1S/C51H62ClN9O6S/c1-29(2)43(47(65)61-27-37(62)23-40(61)46(64)58-30(3)32-11-13-33(14-12-32)44-31(4)57-28-68-44)41-22-36(60-67-41)10-9-19-54-20-21-55-42-18-16-35(26-56-42)45(63)59-48-50(5,6)49(51(48,7)8)66-38-17-15-34(25-53)39(52)24-38/h11-18,22,24,26,28-30,37,40,43,48-49,54,62H,9-10,19-21,23,27H2,1-8H3,(H,55,56)(H,58,64)(H,59,63)/t30-,37+,40-,43-,48?,49?/m0/s1. The van der Waals surface area contributed by atoms with Gasteiger partial charge in [-0.1, -0.05) is 82.6 Å². The molecule has 360 valence electrons. The molecule has 1 saturated carbocycles. The zero-order valence-corrected chi connectivity index (χ0v) is 41.5. The van der Waals surface area contributed by atoms with Crippen LogP contribution in [0.3, 0.4) is 0 Å². The van der Waals surface area contributed by atoms with Gasteiger partial charge in [0, 0.05) is 61.3 Å². The van der Waals surface area contributed by atoms with Gasteiger partial charge in [-0.3, -0.25) is 14.4 Å². The van der Waals surface area contributed by atoms with Crippen LogP contribution in [0.25, 0.3) is 10.4 Å². The van der Waals surface area contributed by atoms with Crippen molar-refractivity contribution in [2.45, 2.75) is 111 Å². The number of aliphatic hydroxyl groups is 1. The summed E-state index contributed by atoms with van der Waals surface area (Å²) in [5, 5.41) is 37.5. The minimum Gasteiger partial charge on any atom is -0.489 e. The lowest BCUT2D eigenvalue weighted by Crippen LogP contribution is -2.74. The molecule has 0 radical (unpaired) electrons. The molecule has 4 atom stereocenters. The molecule has 0 spiro atoms. The maximum atomic E-state index is 14.2. The van der Waals surface area contributed by atoms with Gasteiger partial charge >= 0.3 is 0 Å². The van der Waals surface area contributed by atoms with E-state index in [9.17, 15) is 24.8 Å². The SMILES string of the molecule is Cc1ncsc1-c1ccc([C@H](C)NC(=O)[C@@H]2C[C@@H](O)CN2C(=O)[C@H](c2cc(CCCNCCNc3ccc(C(=O)NC4C(C)(C)C(Oc5ccc(C#N)c(Cl)c5)C4(C)C)cn3)no2)C(C)C)cc1. The second-order valence-electron chi connectivity index (χ2n) is 19.5. The van der Waals surface area contributed by atoms with Gasteiger partial charge in [0.2, 0.25) is 11.8 Å². The Bertz CT molecular complexity index is 2590. The summed E-state index contributed by atoms with van der Waals surface area (Å²) in [5.41, 5.74) is 5.60. The summed E-state index contributed by atoms with van der Waals surface area (Å²) in [5.74, 6) is 0.0624. The Morgan fingerprint density at radius 3 is 2.41 bits per heavy atom. The molecule has 3 amide bonds. The van der Waals surface area contributed by atoms with Crippen LogP contribution in [0.15, 0.2) is 76.9 Å². The summed E-state index contributed by atoms with van der Waals surface area (Å²) in [6.45, 7) is 18.1. The molecule has 15 nitrogen and oxygen atoms in total. The van der Waals surface area contributed by atoms with Crippen molar-refractivity contribution in [2.24, 2.45) is 16.7 Å². The topological polar surface area (TPSA) is 208 Å². The molecule has 0 bridgehead atoms. The number of anilines is 1. The number of carbonyl (C=O) groups excluding carboxylic acids is 3. The Balaban J connectivity index is 0.826. The Kier molecular flexibility index (Phi) is 15.6. The Morgan fingerprint density at radius 1 is 1.01 bits per heavy atom. The van der Waals surface area contributed by atoms with E-state index in [4.69, 9.17) is 20.9 Å². The first kappa shape index (κ1) is 50.0. The molecule has 5 aromatic rings. The van der Waals surface area contributed by atoms with Crippen molar-refractivity contribution in [2.75, 3.05) is 31.5 Å². The molecule has 2 aliphatic rings. The number of hydrogen-bond donors (Lipinski definition) is 5. The predicted molar refractivity (Wildman–Crippen MR) is 262 cm³/mol. The third-order valence-corrected chi connectivity index (χ3v) is 14.6. The second-order valence-corrected chi connectivity index (χ2v) is 20.7. The zero-order chi connectivity index (χ0) is 48.9. The van der Waals surface area contributed by atoms with E-state index in [1.54, 1.807) is 47.9 Å². The number of nitrogens with one attached hydrogen (secondary N) is 4. The minimum atomic E-state index is -0.817. The lowest BCUT2D eigenvalue weighted by molar-refractivity contribution is -0.164. The molecular formula is C51H62ClN9O6S. The number of carbonyl (C=O) groups is 3. The highest BCUT2D eigenvalue weighted by Crippen LogP contribution is 2.55. The Labute approximate surface area is 407 Å². The first-order chi connectivity index (χ1) is 32.4. The van der Waals surface area contributed by atoms with Crippen LogP contribution in [0, 0.1) is 35.0 Å². The monoisotopic (exact) mass is 963 g/mol. The Hall–Kier alpha value is -5.86. The van der Waals surface area contributed by atoms with Crippen molar-refractivity contribution >= 4 is 46.5 Å². The molecule has 3 aromatic heterocycles. The molecule has 2 fully saturated rings. The average Bonchev–Trinajstić information content (AvgIpc) is 4.07. The molecule has 0 unspecified atom stereocenters. The van der Waals surface area contributed by atoms with E-state index >= 15 is 0 Å². The van der Waals surface area contributed by atoms with Gasteiger partial charge in [-0.05, 0) is 74.5 Å². The minimum absolute atomic E-state index is 0.0629. The van der Waals surface area contributed by atoms with Gasteiger partial charge in [-0.15, -0.1) is 11.3 Å². The molecular weight excluding hydrogens is 902 g/mol. The molecule has 1 saturated heterocycles. The second kappa shape index (κ2) is 21.2. The van der Waals surface area contributed by atoms with Gasteiger partial charge in [0.05, 0.1) is 50.1 Å². The fourth-order valence-electron chi connectivity index (χ4n) is 9.95. The van der Waals surface area contributed by atoms with Gasteiger partial charge in [-0.2, -0.15) is 5.26 Å². The largest absolute Gasteiger partial charge is 0.489 e. The zero-order valence-electron chi connectivity index (χ0n) is 39.9. The smallest absolute Gasteiger partial charge is 0.253 e. The fourth-order valence-corrected chi connectivity index (χ4v) is 11.0. The third-order valence-electron chi connectivity index (χ3n) is 13.3. The summed E-state index contributed by atoms with van der Waals surface area (Å²) in [4.78, 5) is 52.6. The molecule has 7 rings (SSSR count). The number of rotatable bonds is 19. The van der Waals surface area contributed by atoms with Crippen molar-refractivity contribution in [3.63, 3.8) is 0 Å². The van der Waals surface area contributed by atoms with Crippen molar-refractivity contribution in [1.82, 2.24) is 36.0 Å². The molecule has 1 aliphatic carbocycles. The van der Waals surface area contributed by atoms with E-state index < -0.39 is 18.1 Å². The number of ether oxygens (including phenoxy) is 1. The van der Waals surface area contributed by atoms with Crippen LogP contribution < -0.4 is 26.0 Å². The van der Waals surface area contributed by atoms with E-state index in [0.717, 1.165) is 40.4 Å². The van der Waals surface area contributed by atoms with Crippen LogP contribution in [0.4, 0.5) is 5.82 Å². The predicted octanol–water partition coefficient (Wildman–Crippen LogP) is 7.85. The maximum absolute atomic E-state index is 14.2. The number of aliphatic hydroxyl groups excluding tert-OH is 1. The molecule has 17 heteroatoms. The van der Waals surface area contributed by atoms with Crippen molar-refractivity contribution < 1.29 is 28.8 Å². The van der Waals surface area contributed by atoms with Crippen LogP contribution in [0.1, 0.15) is 112 Å². The lowest BCUT2D eigenvalue weighted by Gasteiger charge is -2.63. The normalized spacial score (nSPS) is 20.2. The van der Waals surface area contributed by atoms with Crippen LogP contribution in [0.5, 0.6) is 5.75 Å². The quantitative estimate of drug-likeness (QED) is 0.0502. The highest BCUT2D eigenvalue weighted by atomic mass is 35.5. The van der Waals surface area contributed by atoms with Gasteiger partial charge < -0.3 is 40.5 Å². The number of likely N-dealkylation sites (tertiary alicyclic amines) is 1. The number of halogens is 1. The number of nitrogens with zero attached hydrogens (tertiary/aromatic N) is 5. The molecule has 1 aliphatic heterocycles. The van der Waals surface area contributed by atoms with Crippen LogP contribution in [0.2, 0.25) is 5.02 Å². The first-order valence-corrected chi connectivity index (χ1v) is 24.5. The number of nitriles is 1. The number of hydrogen-bond acceptors (Lipinski definition) is 13. The van der Waals surface area contributed by atoms with E-state index in [-0.39, 0.29) is 65.6 Å². The summed E-state index contributed by atoms with van der Waals surface area (Å²) in [6, 6.07) is 19.2. The highest BCUT2D eigenvalue weighted by molar-refractivity contribution is 7.13. The summed E-state index contributed by atoms with van der Waals surface area (Å²) >= 11 is 7.83. The van der Waals surface area contributed by atoms with Crippen molar-refractivity contribution in [3.05, 3.63) is 111 Å². The van der Waals surface area contributed by atoms with E-state index in [1.165, 1.54) is 4.90 Å². The number of benzene rings is 2.